The van der Waals surface area contributed by atoms with E-state index >= 15 is 0 Å². The molecular formula is C21H21N3O3S. The first-order chi connectivity index (χ1) is 13.5. The van der Waals surface area contributed by atoms with Crippen LogP contribution in [-0.2, 0) is 17.8 Å². The van der Waals surface area contributed by atoms with Crippen molar-refractivity contribution in [3.8, 4) is 5.75 Å². The van der Waals surface area contributed by atoms with Gasteiger partial charge in [-0.25, -0.2) is 4.98 Å². The Morgan fingerprint density at radius 3 is 2.46 bits per heavy atom. The summed E-state index contributed by atoms with van der Waals surface area (Å²) in [6, 6.07) is 14.8. The molecule has 7 heteroatoms. The molecule has 0 radical (unpaired) electrons. The quantitative estimate of drug-likeness (QED) is 0.641. The van der Waals surface area contributed by atoms with Crippen molar-refractivity contribution >= 4 is 28.3 Å². The number of benzene rings is 2. The third-order valence-corrected chi connectivity index (χ3v) is 4.88. The fraction of sp³-hybridized carbons (Fsp3) is 0.190. The SMILES string of the molecule is COc1ccc(C(=O)Nc2nc(CC(=O)NCc3ccc(C)cc3)cs2)cc1. The number of carbonyl (C=O) groups excluding carboxylic acids is 2. The van der Waals surface area contributed by atoms with Gasteiger partial charge in [0.2, 0.25) is 5.91 Å². The summed E-state index contributed by atoms with van der Waals surface area (Å²) in [5.41, 5.74) is 3.36. The minimum absolute atomic E-state index is 0.112. The Labute approximate surface area is 167 Å². The number of aryl methyl sites for hydroxylation is 1. The summed E-state index contributed by atoms with van der Waals surface area (Å²) in [6.45, 7) is 2.50. The predicted octanol–water partition coefficient (Wildman–Crippen LogP) is 3.57. The number of nitrogens with one attached hydrogen (secondary N) is 2. The normalized spacial score (nSPS) is 10.4. The fourth-order valence-corrected chi connectivity index (χ4v) is 3.20. The topological polar surface area (TPSA) is 80.3 Å². The highest BCUT2D eigenvalue weighted by atomic mass is 32.1. The number of rotatable bonds is 7. The van der Waals surface area contributed by atoms with Gasteiger partial charge in [0.15, 0.2) is 5.13 Å². The van der Waals surface area contributed by atoms with E-state index in [4.69, 9.17) is 4.74 Å². The lowest BCUT2D eigenvalue weighted by Gasteiger charge is -2.05. The molecule has 6 nitrogen and oxygen atoms in total. The molecule has 0 fully saturated rings. The molecule has 3 rings (SSSR count). The van der Waals surface area contributed by atoms with E-state index in [2.05, 4.69) is 15.6 Å². The molecule has 1 aromatic heterocycles. The van der Waals surface area contributed by atoms with E-state index in [-0.39, 0.29) is 18.2 Å². The zero-order valence-corrected chi connectivity index (χ0v) is 16.5. The lowest BCUT2D eigenvalue weighted by atomic mass is 10.1. The molecule has 0 saturated carbocycles. The molecule has 0 atom stereocenters. The standard InChI is InChI=1S/C21H21N3O3S/c1-14-3-5-15(6-4-14)12-22-19(25)11-17-13-28-21(23-17)24-20(26)16-7-9-18(27-2)10-8-16/h3-10,13H,11-12H2,1-2H3,(H,22,25)(H,23,24,26). The van der Waals surface area contributed by atoms with Gasteiger partial charge in [-0.2, -0.15) is 0 Å². The Morgan fingerprint density at radius 2 is 1.79 bits per heavy atom. The number of methoxy groups -OCH3 is 1. The molecule has 144 valence electrons. The van der Waals surface area contributed by atoms with E-state index in [0.29, 0.717) is 28.7 Å². The molecule has 2 aromatic carbocycles. The number of hydrogen-bond acceptors (Lipinski definition) is 5. The van der Waals surface area contributed by atoms with Crippen molar-refractivity contribution in [2.45, 2.75) is 19.9 Å². The Kier molecular flexibility index (Phi) is 6.39. The molecule has 0 spiro atoms. The monoisotopic (exact) mass is 395 g/mol. The molecule has 0 bridgehead atoms. The maximum absolute atomic E-state index is 12.3. The van der Waals surface area contributed by atoms with E-state index in [9.17, 15) is 9.59 Å². The third kappa shape index (κ3) is 5.40. The van der Waals surface area contributed by atoms with Crippen LogP contribution in [-0.4, -0.2) is 23.9 Å². The number of amides is 2. The minimum atomic E-state index is -0.257. The molecule has 0 unspecified atom stereocenters. The van der Waals surface area contributed by atoms with Gasteiger partial charge in [-0.3, -0.25) is 14.9 Å². The van der Waals surface area contributed by atoms with Crippen LogP contribution in [0, 0.1) is 6.92 Å². The van der Waals surface area contributed by atoms with E-state index in [1.165, 1.54) is 16.9 Å². The van der Waals surface area contributed by atoms with Gasteiger partial charge in [-0.05, 0) is 36.8 Å². The van der Waals surface area contributed by atoms with Gasteiger partial charge >= 0.3 is 0 Å². The van der Waals surface area contributed by atoms with E-state index < -0.39 is 0 Å². The molecule has 2 N–H and O–H groups in total. The van der Waals surface area contributed by atoms with Crippen LogP contribution < -0.4 is 15.4 Å². The summed E-state index contributed by atoms with van der Waals surface area (Å²) >= 11 is 1.29. The number of thiazole rings is 1. The number of hydrogen-bond donors (Lipinski definition) is 2. The van der Waals surface area contributed by atoms with Crippen molar-refractivity contribution in [1.29, 1.82) is 0 Å². The second-order valence-corrected chi connectivity index (χ2v) is 7.12. The number of nitrogens with zero attached hydrogens (tertiary/aromatic N) is 1. The smallest absolute Gasteiger partial charge is 0.257 e. The number of anilines is 1. The van der Waals surface area contributed by atoms with E-state index in [1.807, 2.05) is 31.2 Å². The summed E-state index contributed by atoms with van der Waals surface area (Å²) in [5, 5.41) is 7.86. The fourth-order valence-electron chi connectivity index (χ4n) is 2.49. The summed E-state index contributed by atoms with van der Waals surface area (Å²) in [7, 11) is 1.57. The van der Waals surface area contributed by atoms with Crippen LogP contribution in [0.5, 0.6) is 5.75 Å². The molecule has 2 amide bonds. The lowest BCUT2D eigenvalue weighted by molar-refractivity contribution is -0.120. The Bertz CT molecular complexity index is 950. The minimum Gasteiger partial charge on any atom is -0.497 e. The zero-order valence-electron chi connectivity index (χ0n) is 15.7. The van der Waals surface area contributed by atoms with Gasteiger partial charge in [0.1, 0.15) is 5.75 Å². The first kappa shape index (κ1) is 19.6. The molecule has 3 aromatic rings. The van der Waals surface area contributed by atoms with Gasteiger partial charge in [0, 0.05) is 17.5 Å². The maximum Gasteiger partial charge on any atom is 0.257 e. The summed E-state index contributed by atoms with van der Waals surface area (Å²) in [6.07, 6.45) is 0.167. The summed E-state index contributed by atoms with van der Waals surface area (Å²) in [5.74, 6) is 0.316. The Morgan fingerprint density at radius 1 is 1.07 bits per heavy atom. The van der Waals surface area contributed by atoms with Crippen molar-refractivity contribution in [3.05, 3.63) is 76.3 Å². The zero-order chi connectivity index (χ0) is 19.9. The number of aromatic nitrogens is 1. The summed E-state index contributed by atoms with van der Waals surface area (Å²) in [4.78, 5) is 28.7. The molecule has 0 aliphatic carbocycles. The van der Waals surface area contributed by atoms with Gasteiger partial charge in [0.25, 0.3) is 5.91 Å². The average molecular weight is 395 g/mol. The predicted molar refractivity (Wildman–Crippen MR) is 110 cm³/mol. The van der Waals surface area contributed by atoms with Crippen LogP contribution in [0.4, 0.5) is 5.13 Å². The van der Waals surface area contributed by atoms with Gasteiger partial charge in [-0.1, -0.05) is 29.8 Å². The molecule has 0 saturated heterocycles. The molecule has 28 heavy (non-hydrogen) atoms. The third-order valence-electron chi connectivity index (χ3n) is 4.08. The number of ether oxygens (including phenoxy) is 1. The van der Waals surface area contributed by atoms with Crippen molar-refractivity contribution in [2.75, 3.05) is 12.4 Å². The maximum atomic E-state index is 12.3. The number of carbonyl (C=O) groups is 2. The Balaban J connectivity index is 1.50. The molecule has 0 aliphatic heterocycles. The molecule has 0 aliphatic rings. The second kappa shape index (κ2) is 9.14. The lowest BCUT2D eigenvalue weighted by Crippen LogP contribution is -2.24. The van der Waals surface area contributed by atoms with Crippen LogP contribution in [0.15, 0.2) is 53.9 Å². The highest BCUT2D eigenvalue weighted by molar-refractivity contribution is 7.14. The average Bonchev–Trinajstić information content (AvgIpc) is 3.14. The van der Waals surface area contributed by atoms with E-state index in [0.717, 1.165) is 5.56 Å². The van der Waals surface area contributed by atoms with Gasteiger partial charge in [0.05, 0.1) is 19.2 Å². The van der Waals surface area contributed by atoms with Gasteiger partial charge in [-0.15, -0.1) is 11.3 Å². The van der Waals surface area contributed by atoms with Crippen molar-refractivity contribution in [3.63, 3.8) is 0 Å². The highest BCUT2D eigenvalue weighted by Gasteiger charge is 2.11. The Hall–Kier alpha value is -3.19. The van der Waals surface area contributed by atoms with Crippen molar-refractivity contribution in [1.82, 2.24) is 10.3 Å². The van der Waals surface area contributed by atoms with Crippen LogP contribution in [0.25, 0.3) is 0 Å². The van der Waals surface area contributed by atoms with Crippen molar-refractivity contribution < 1.29 is 14.3 Å². The van der Waals surface area contributed by atoms with Crippen LogP contribution in [0.1, 0.15) is 27.2 Å². The second-order valence-electron chi connectivity index (χ2n) is 6.27. The van der Waals surface area contributed by atoms with E-state index in [1.54, 1.807) is 36.8 Å². The molecule has 1 heterocycles. The van der Waals surface area contributed by atoms with Crippen LogP contribution in [0.3, 0.4) is 0 Å². The van der Waals surface area contributed by atoms with Crippen LogP contribution in [0.2, 0.25) is 0 Å². The van der Waals surface area contributed by atoms with Crippen LogP contribution >= 0.6 is 11.3 Å². The highest BCUT2D eigenvalue weighted by Crippen LogP contribution is 2.18. The van der Waals surface area contributed by atoms with Gasteiger partial charge < -0.3 is 10.1 Å². The first-order valence-corrected chi connectivity index (χ1v) is 9.63. The summed E-state index contributed by atoms with van der Waals surface area (Å²) < 4.78 is 5.08. The largest absolute Gasteiger partial charge is 0.497 e. The van der Waals surface area contributed by atoms with Crippen molar-refractivity contribution in [2.24, 2.45) is 0 Å². The molecular weight excluding hydrogens is 374 g/mol. The first-order valence-electron chi connectivity index (χ1n) is 8.75.